The van der Waals surface area contributed by atoms with Crippen LogP contribution in [0.1, 0.15) is 43.2 Å². The van der Waals surface area contributed by atoms with Crippen molar-refractivity contribution in [1.29, 1.82) is 0 Å². The van der Waals surface area contributed by atoms with Crippen LogP contribution < -0.4 is 5.32 Å². The first-order valence-corrected chi connectivity index (χ1v) is 18.3. The number of amides is 1. The first kappa shape index (κ1) is 38.6. The number of nitrogens with one attached hydrogen (secondary N) is 1. The second-order valence-corrected chi connectivity index (χ2v) is 13.9. The summed E-state index contributed by atoms with van der Waals surface area (Å²) in [4.78, 5) is 46.0. The number of fused-ring (bicyclic) bond motifs is 2. The van der Waals surface area contributed by atoms with Gasteiger partial charge in [0.2, 0.25) is 0 Å². The fourth-order valence-electron chi connectivity index (χ4n) is 6.35. The molecule has 2 aromatic heterocycles. The number of azo groups is 1. The third-order valence-electron chi connectivity index (χ3n) is 8.97. The predicted octanol–water partition coefficient (Wildman–Crippen LogP) is 5.82. The summed E-state index contributed by atoms with van der Waals surface area (Å²) in [6.07, 6.45) is -2.84. The standard InChI is InChI=1S/C37H34F3N7O8S/c1-4-51-35(49)37(36(50)52-5-2,45-43-22-11-12-25-30(15-22)56-19(3)41-25)42-33(48)28-16-27(32-29(54-28)18-53-34(55-32)20-9-7-6-8-10-20)47-17-26(44-46-47)21-13-23(38)31(40)24(39)14-21/h6-15,17,27-29,32,34H,4-5,16,18H2,1-3H3,(H,42,48)/b45-43-/t27-,28-,29-,32-,34?/m1/s1. The van der Waals surface area contributed by atoms with Crippen molar-refractivity contribution < 1.29 is 51.2 Å². The molecular weight excluding hydrogens is 760 g/mol. The van der Waals surface area contributed by atoms with Crippen LogP contribution in [-0.2, 0) is 38.1 Å². The van der Waals surface area contributed by atoms with Crippen LogP contribution in [0.15, 0.2) is 77.1 Å². The van der Waals surface area contributed by atoms with Crippen molar-refractivity contribution >= 4 is 45.1 Å². The number of carbonyl (C=O) groups excluding carboxylic acids is 3. The molecule has 292 valence electrons. The van der Waals surface area contributed by atoms with E-state index in [1.165, 1.54) is 36.1 Å². The molecule has 4 heterocycles. The Morgan fingerprint density at radius 3 is 2.41 bits per heavy atom. The summed E-state index contributed by atoms with van der Waals surface area (Å²) in [5, 5.41) is 19.7. The Morgan fingerprint density at radius 1 is 1.00 bits per heavy atom. The zero-order chi connectivity index (χ0) is 39.6. The quantitative estimate of drug-likeness (QED) is 0.0738. The number of ether oxygens (including phenoxy) is 5. The Labute approximate surface area is 320 Å². The summed E-state index contributed by atoms with van der Waals surface area (Å²) in [6.45, 7) is 4.43. The molecule has 19 heteroatoms. The molecule has 0 aliphatic carbocycles. The lowest BCUT2D eigenvalue weighted by Gasteiger charge is -2.45. The van der Waals surface area contributed by atoms with E-state index in [0.29, 0.717) is 11.1 Å². The maximum absolute atomic E-state index is 14.3. The van der Waals surface area contributed by atoms with E-state index in [1.807, 2.05) is 25.1 Å². The molecule has 1 N–H and O–H groups in total. The van der Waals surface area contributed by atoms with Crippen LogP contribution in [0.3, 0.4) is 0 Å². The van der Waals surface area contributed by atoms with Gasteiger partial charge in [0, 0.05) is 17.5 Å². The van der Waals surface area contributed by atoms with Crippen LogP contribution >= 0.6 is 11.3 Å². The number of rotatable bonds is 11. The van der Waals surface area contributed by atoms with Crippen molar-refractivity contribution in [3.63, 3.8) is 0 Å². The first-order valence-electron chi connectivity index (χ1n) is 17.5. The summed E-state index contributed by atoms with van der Waals surface area (Å²) in [6, 6.07) is 14.7. The lowest BCUT2D eigenvalue weighted by atomic mass is 9.93. The van der Waals surface area contributed by atoms with E-state index >= 15 is 0 Å². The molecule has 0 radical (unpaired) electrons. The molecule has 5 atom stereocenters. The molecule has 56 heavy (non-hydrogen) atoms. The first-order chi connectivity index (χ1) is 27.0. The van der Waals surface area contributed by atoms with Crippen LogP contribution in [0.4, 0.5) is 18.9 Å². The second kappa shape index (κ2) is 16.2. The highest BCUT2D eigenvalue weighted by atomic mass is 32.1. The molecule has 2 aliphatic heterocycles. The van der Waals surface area contributed by atoms with E-state index in [1.54, 1.807) is 30.3 Å². The SMILES string of the molecule is CCOC(=O)C(/N=N\c1ccc2nc(C)sc2c1)(NC(=O)[C@H]1C[C@@H](n2cc(-c3cc(F)c(F)c(F)c3)nn2)[C@H]2OC(c3ccccc3)OC[C@H]2O1)C(=O)OCC. The molecule has 0 spiro atoms. The highest BCUT2D eigenvalue weighted by Gasteiger charge is 2.55. The molecule has 15 nitrogen and oxygen atoms in total. The summed E-state index contributed by atoms with van der Waals surface area (Å²) >= 11 is 1.40. The number of hydrogen-bond acceptors (Lipinski definition) is 14. The van der Waals surface area contributed by atoms with Gasteiger partial charge in [-0.05, 0) is 51.1 Å². The van der Waals surface area contributed by atoms with Gasteiger partial charge in [0.15, 0.2) is 23.7 Å². The zero-order valence-electron chi connectivity index (χ0n) is 30.1. The molecule has 2 saturated heterocycles. The maximum atomic E-state index is 14.3. The van der Waals surface area contributed by atoms with Gasteiger partial charge in [0.05, 0.1) is 53.0 Å². The average molecular weight is 794 g/mol. The Balaban J connectivity index is 1.22. The fraction of sp³-hybridized carbons (Fsp3) is 0.351. The number of nitrogens with zero attached hydrogens (tertiary/aromatic N) is 6. The maximum Gasteiger partial charge on any atom is 0.369 e. The van der Waals surface area contributed by atoms with Gasteiger partial charge in [0.1, 0.15) is 24.0 Å². The number of thiazole rings is 1. The van der Waals surface area contributed by atoms with Crippen molar-refractivity contribution in [2.75, 3.05) is 19.8 Å². The third-order valence-corrected chi connectivity index (χ3v) is 9.90. The van der Waals surface area contributed by atoms with E-state index in [2.05, 4.69) is 30.8 Å². The van der Waals surface area contributed by atoms with Crippen molar-refractivity contribution in [3.05, 3.63) is 94.9 Å². The van der Waals surface area contributed by atoms with Crippen LogP contribution in [0.5, 0.6) is 0 Å². The average Bonchev–Trinajstić information content (AvgIpc) is 3.84. The molecular formula is C37H34F3N7O8S. The minimum absolute atomic E-state index is 0.00533. The normalized spacial score (nSPS) is 21.1. The lowest BCUT2D eigenvalue weighted by Crippen LogP contribution is -2.64. The van der Waals surface area contributed by atoms with Gasteiger partial charge in [-0.3, -0.25) is 4.79 Å². The number of halogens is 3. The second-order valence-electron chi connectivity index (χ2n) is 12.7. The van der Waals surface area contributed by atoms with Crippen molar-refractivity contribution in [1.82, 2.24) is 25.3 Å². The highest BCUT2D eigenvalue weighted by Crippen LogP contribution is 2.40. The fourth-order valence-corrected chi connectivity index (χ4v) is 7.21. The molecule has 7 rings (SSSR count). The molecule has 0 bridgehead atoms. The van der Waals surface area contributed by atoms with Crippen molar-refractivity contribution in [3.8, 4) is 11.3 Å². The number of aryl methyl sites for hydroxylation is 1. The number of aromatic nitrogens is 4. The zero-order valence-corrected chi connectivity index (χ0v) is 30.9. The van der Waals surface area contributed by atoms with Gasteiger partial charge >= 0.3 is 17.6 Å². The Bertz CT molecular complexity index is 2250. The summed E-state index contributed by atoms with van der Waals surface area (Å²) in [5.41, 5.74) is -1.24. The van der Waals surface area contributed by atoms with Gasteiger partial charge in [-0.25, -0.2) is 32.4 Å². The van der Waals surface area contributed by atoms with Crippen molar-refractivity contribution in [2.24, 2.45) is 10.2 Å². The Hall–Kier alpha value is -5.63. The third kappa shape index (κ3) is 7.75. The van der Waals surface area contributed by atoms with E-state index in [4.69, 9.17) is 23.7 Å². The van der Waals surface area contributed by atoms with Gasteiger partial charge in [-0.15, -0.1) is 21.5 Å². The van der Waals surface area contributed by atoms with Gasteiger partial charge in [-0.1, -0.05) is 35.5 Å². The minimum atomic E-state index is -2.80. The Kier molecular flexibility index (Phi) is 11.2. The smallest absolute Gasteiger partial charge is 0.369 e. The summed E-state index contributed by atoms with van der Waals surface area (Å²) in [7, 11) is 0. The minimum Gasteiger partial charge on any atom is -0.462 e. The van der Waals surface area contributed by atoms with Crippen LogP contribution in [0.25, 0.3) is 21.5 Å². The van der Waals surface area contributed by atoms with Crippen LogP contribution in [0.2, 0.25) is 0 Å². The number of hydrogen-bond donors (Lipinski definition) is 1. The lowest BCUT2D eigenvalue weighted by molar-refractivity contribution is -0.297. The molecule has 3 aromatic carbocycles. The molecule has 1 unspecified atom stereocenters. The van der Waals surface area contributed by atoms with Crippen LogP contribution in [-0.4, -0.2) is 81.6 Å². The number of esters is 2. The number of carbonyl (C=O) groups is 3. The van der Waals surface area contributed by atoms with Gasteiger partial charge < -0.3 is 29.0 Å². The van der Waals surface area contributed by atoms with E-state index in [-0.39, 0.29) is 43.2 Å². The van der Waals surface area contributed by atoms with E-state index in [9.17, 15) is 27.6 Å². The van der Waals surface area contributed by atoms with Gasteiger partial charge in [0.25, 0.3) is 5.91 Å². The monoisotopic (exact) mass is 793 g/mol. The van der Waals surface area contributed by atoms with E-state index < -0.39 is 71.6 Å². The number of benzene rings is 3. The van der Waals surface area contributed by atoms with Gasteiger partial charge in [-0.2, -0.15) is 5.11 Å². The van der Waals surface area contributed by atoms with E-state index in [0.717, 1.165) is 21.8 Å². The van der Waals surface area contributed by atoms with Crippen molar-refractivity contribution in [2.45, 2.75) is 63.5 Å². The predicted molar refractivity (Wildman–Crippen MR) is 191 cm³/mol. The Morgan fingerprint density at radius 2 is 1.71 bits per heavy atom. The highest BCUT2D eigenvalue weighted by molar-refractivity contribution is 7.18. The van der Waals surface area contributed by atoms with Crippen LogP contribution in [0, 0.1) is 24.4 Å². The topological polar surface area (TPSA) is 178 Å². The largest absolute Gasteiger partial charge is 0.462 e. The molecule has 0 saturated carbocycles. The summed E-state index contributed by atoms with van der Waals surface area (Å²) < 4.78 is 73.2. The summed E-state index contributed by atoms with van der Waals surface area (Å²) in [5.74, 6) is -7.97. The molecule has 2 fully saturated rings. The molecule has 2 aliphatic rings. The molecule has 1 amide bonds. The molecule has 5 aromatic rings.